The van der Waals surface area contributed by atoms with Crippen molar-refractivity contribution in [1.29, 1.82) is 0 Å². The lowest BCUT2D eigenvalue weighted by Gasteiger charge is -2.15. The predicted octanol–water partition coefficient (Wildman–Crippen LogP) is 1.53. The van der Waals surface area contributed by atoms with E-state index in [1.807, 2.05) is 26.0 Å². The normalized spacial score (nSPS) is 11.4. The summed E-state index contributed by atoms with van der Waals surface area (Å²) in [6.45, 7) is 4.40. The van der Waals surface area contributed by atoms with E-state index in [-0.39, 0.29) is 6.04 Å². The predicted molar refractivity (Wildman–Crippen MR) is 79.7 cm³/mol. The summed E-state index contributed by atoms with van der Waals surface area (Å²) >= 11 is 0. The molecule has 0 amide bonds. The molecule has 112 valence electrons. The molecule has 0 spiro atoms. The summed E-state index contributed by atoms with van der Waals surface area (Å²) in [5.74, 6) is 2.17. The van der Waals surface area contributed by atoms with Crippen molar-refractivity contribution in [1.82, 2.24) is 5.32 Å². The van der Waals surface area contributed by atoms with Crippen LogP contribution < -0.4 is 25.3 Å². The summed E-state index contributed by atoms with van der Waals surface area (Å²) in [5, 5.41) is 3.03. The molecule has 0 aliphatic rings. The molecule has 0 heterocycles. The molecule has 6 heteroatoms. The summed E-state index contributed by atoms with van der Waals surface area (Å²) in [7, 11) is 4.74. The van der Waals surface area contributed by atoms with E-state index in [2.05, 4.69) is 10.3 Å². The number of nitrogens with zero attached hydrogens (tertiary/aromatic N) is 1. The van der Waals surface area contributed by atoms with Gasteiger partial charge >= 0.3 is 0 Å². The number of benzene rings is 1. The van der Waals surface area contributed by atoms with Crippen LogP contribution in [0.15, 0.2) is 17.1 Å². The van der Waals surface area contributed by atoms with Gasteiger partial charge in [0.1, 0.15) is 0 Å². The minimum atomic E-state index is 0.242. The van der Waals surface area contributed by atoms with Gasteiger partial charge in [-0.15, -0.1) is 0 Å². The highest BCUT2D eigenvalue weighted by molar-refractivity contribution is 5.78. The van der Waals surface area contributed by atoms with E-state index in [1.54, 1.807) is 21.3 Å². The van der Waals surface area contributed by atoms with Gasteiger partial charge in [0.15, 0.2) is 17.5 Å². The fraction of sp³-hybridized carbons (Fsp3) is 0.500. The van der Waals surface area contributed by atoms with Crippen LogP contribution in [-0.2, 0) is 6.54 Å². The van der Waals surface area contributed by atoms with E-state index in [4.69, 9.17) is 19.9 Å². The van der Waals surface area contributed by atoms with Gasteiger partial charge in [0.05, 0.1) is 27.9 Å². The first kappa shape index (κ1) is 15.9. The number of guanidine groups is 1. The van der Waals surface area contributed by atoms with Crippen molar-refractivity contribution in [3.05, 3.63) is 17.7 Å². The number of hydrogen-bond donors (Lipinski definition) is 2. The molecule has 0 aliphatic heterocycles. The highest BCUT2D eigenvalue weighted by atomic mass is 16.5. The largest absolute Gasteiger partial charge is 0.493 e. The van der Waals surface area contributed by atoms with Crippen LogP contribution >= 0.6 is 0 Å². The maximum Gasteiger partial charge on any atom is 0.203 e. The number of rotatable bonds is 6. The topological polar surface area (TPSA) is 78.1 Å². The van der Waals surface area contributed by atoms with Crippen molar-refractivity contribution in [3.8, 4) is 17.2 Å². The molecule has 1 aromatic rings. The summed E-state index contributed by atoms with van der Waals surface area (Å²) < 4.78 is 15.9. The van der Waals surface area contributed by atoms with Gasteiger partial charge in [-0.1, -0.05) is 0 Å². The lowest BCUT2D eigenvalue weighted by atomic mass is 10.1. The van der Waals surface area contributed by atoms with E-state index in [0.717, 1.165) is 5.56 Å². The van der Waals surface area contributed by atoms with Crippen LogP contribution in [0.2, 0.25) is 0 Å². The van der Waals surface area contributed by atoms with E-state index >= 15 is 0 Å². The molecular formula is C14H23N3O3. The Morgan fingerprint density at radius 2 is 1.80 bits per heavy atom. The van der Waals surface area contributed by atoms with Crippen molar-refractivity contribution >= 4 is 5.96 Å². The molecule has 0 aromatic heterocycles. The molecule has 0 bridgehead atoms. The lowest BCUT2D eigenvalue weighted by Crippen LogP contribution is -2.36. The van der Waals surface area contributed by atoms with Gasteiger partial charge in [0.2, 0.25) is 5.75 Å². The highest BCUT2D eigenvalue weighted by Gasteiger charge is 2.15. The number of nitrogens with one attached hydrogen (secondary N) is 1. The van der Waals surface area contributed by atoms with Gasteiger partial charge in [0, 0.05) is 11.6 Å². The molecule has 6 nitrogen and oxygen atoms in total. The van der Waals surface area contributed by atoms with Gasteiger partial charge in [-0.2, -0.15) is 0 Å². The van der Waals surface area contributed by atoms with Gasteiger partial charge in [0.25, 0.3) is 0 Å². The van der Waals surface area contributed by atoms with Crippen LogP contribution in [0.5, 0.6) is 17.2 Å². The Hall–Kier alpha value is -2.11. The number of ether oxygens (including phenoxy) is 3. The maximum atomic E-state index is 5.78. The van der Waals surface area contributed by atoms with Gasteiger partial charge in [-0.3, -0.25) is 0 Å². The molecule has 0 unspecified atom stereocenters. The van der Waals surface area contributed by atoms with Gasteiger partial charge in [-0.25, -0.2) is 4.99 Å². The molecular weight excluding hydrogens is 258 g/mol. The fourth-order valence-corrected chi connectivity index (χ4v) is 1.80. The Morgan fingerprint density at radius 3 is 2.30 bits per heavy atom. The third-order valence-corrected chi connectivity index (χ3v) is 2.64. The summed E-state index contributed by atoms with van der Waals surface area (Å²) in [6, 6.07) is 3.94. The highest BCUT2D eigenvalue weighted by Crippen LogP contribution is 2.39. The van der Waals surface area contributed by atoms with Crippen molar-refractivity contribution in [3.63, 3.8) is 0 Å². The second-order valence-electron chi connectivity index (χ2n) is 4.49. The minimum Gasteiger partial charge on any atom is -0.493 e. The average molecular weight is 281 g/mol. The molecule has 0 radical (unpaired) electrons. The number of nitrogens with two attached hydrogens (primary N) is 1. The monoisotopic (exact) mass is 281 g/mol. The Bertz CT molecular complexity index is 473. The van der Waals surface area contributed by atoms with Crippen molar-refractivity contribution < 1.29 is 14.2 Å². The first-order valence-electron chi connectivity index (χ1n) is 6.37. The molecule has 20 heavy (non-hydrogen) atoms. The van der Waals surface area contributed by atoms with Crippen LogP contribution in [-0.4, -0.2) is 33.3 Å². The molecule has 1 rings (SSSR count). The molecule has 3 N–H and O–H groups in total. The molecule has 0 aliphatic carbocycles. The van der Waals surface area contributed by atoms with Crippen LogP contribution in [0.4, 0.5) is 0 Å². The van der Waals surface area contributed by atoms with Crippen LogP contribution in [0, 0.1) is 0 Å². The zero-order valence-corrected chi connectivity index (χ0v) is 12.7. The van der Waals surface area contributed by atoms with Crippen molar-refractivity contribution in [2.45, 2.75) is 26.4 Å². The minimum absolute atomic E-state index is 0.242. The Kier molecular flexibility index (Phi) is 5.96. The quantitative estimate of drug-likeness (QED) is 0.610. The number of hydrogen-bond acceptors (Lipinski definition) is 4. The average Bonchev–Trinajstić information content (AvgIpc) is 2.42. The first-order valence-corrected chi connectivity index (χ1v) is 6.37. The summed E-state index contributed by atoms with van der Waals surface area (Å²) in [4.78, 5) is 4.28. The van der Waals surface area contributed by atoms with E-state index in [0.29, 0.717) is 29.8 Å². The van der Waals surface area contributed by atoms with E-state index in [1.165, 1.54) is 0 Å². The molecule has 0 atom stereocenters. The SMILES string of the molecule is COc1ccc(CN=C(N)NC(C)C)c(OC)c1OC. The van der Waals surface area contributed by atoms with Gasteiger partial charge in [-0.05, 0) is 26.0 Å². The zero-order valence-electron chi connectivity index (χ0n) is 12.7. The van der Waals surface area contributed by atoms with Crippen LogP contribution in [0.1, 0.15) is 19.4 Å². The third-order valence-electron chi connectivity index (χ3n) is 2.64. The van der Waals surface area contributed by atoms with E-state index < -0.39 is 0 Å². The fourth-order valence-electron chi connectivity index (χ4n) is 1.80. The van der Waals surface area contributed by atoms with Crippen molar-refractivity contribution in [2.24, 2.45) is 10.7 Å². The van der Waals surface area contributed by atoms with Crippen LogP contribution in [0.3, 0.4) is 0 Å². The second kappa shape index (κ2) is 7.47. The molecule has 0 saturated carbocycles. The van der Waals surface area contributed by atoms with Crippen LogP contribution in [0.25, 0.3) is 0 Å². The Balaban J connectivity index is 3.01. The third kappa shape index (κ3) is 3.94. The Labute approximate surface area is 119 Å². The maximum absolute atomic E-state index is 5.78. The molecule has 1 aromatic carbocycles. The van der Waals surface area contributed by atoms with Gasteiger partial charge < -0.3 is 25.3 Å². The second-order valence-corrected chi connectivity index (χ2v) is 4.49. The lowest BCUT2D eigenvalue weighted by molar-refractivity contribution is 0.322. The Morgan fingerprint density at radius 1 is 1.15 bits per heavy atom. The summed E-state index contributed by atoms with van der Waals surface area (Å²) in [5.41, 5.74) is 6.66. The molecule has 0 fully saturated rings. The number of methoxy groups -OCH3 is 3. The van der Waals surface area contributed by atoms with Crippen molar-refractivity contribution in [2.75, 3.05) is 21.3 Å². The standard InChI is InChI=1S/C14H23N3O3/c1-9(2)17-14(15)16-8-10-6-7-11(18-3)13(20-5)12(10)19-4/h6-7,9H,8H2,1-5H3,(H3,15,16,17). The molecule has 0 saturated heterocycles. The summed E-state index contributed by atoms with van der Waals surface area (Å²) in [6.07, 6.45) is 0. The van der Waals surface area contributed by atoms with E-state index in [9.17, 15) is 0 Å². The first-order chi connectivity index (χ1) is 9.53. The number of aliphatic imine (C=N–C) groups is 1. The smallest absolute Gasteiger partial charge is 0.203 e. The zero-order chi connectivity index (χ0) is 15.1.